The van der Waals surface area contributed by atoms with Gasteiger partial charge in [0.15, 0.2) is 15.9 Å². The van der Waals surface area contributed by atoms with Crippen LogP contribution < -0.4 is 5.32 Å². The van der Waals surface area contributed by atoms with E-state index in [1.165, 1.54) is 12.4 Å². The van der Waals surface area contributed by atoms with Crippen molar-refractivity contribution in [2.45, 2.75) is 18.9 Å². The van der Waals surface area contributed by atoms with Crippen molar-refractivity contribution in [1.82, 2.24) is 4.98 Å². The summed E-state index contributed by atoms with van der Waals surface area (Å²) in [5.41, 5.74) is 1.63. The van der Waals surface area contributed by atoms with E-state index in [9.17, 15) is 23.1 Å². The number of aliphatic imine (C=N–C) groups is 1. The van der Waals surface area contributed by atoms with Gasteiger partial charge in [-0.1, -0.05) is 35.3 Å². The van der Waals surface area contributed by atoms with Crippen LogP contribution in [0.3, 0.4) is 0 Å². The van der Waals surface area contributed by atoms with Gasteiger partial charge in [0.25, 0.3) is 5.91 Å². The maximum Gasteiger partial charge on any atom is 0.328 e. The number of nitrogens with one attached hydrogen (secondary N) is 1. The van der Waals surface area contributed by atoms with Gasteiger partial charge >= 0.3 is 5.97 Å². The molecule has 0 saturated carbocycles. The van der Waals surface area contributed by atoms with Crippen molar-refractivity contribution in [3.63, 3.8) is 0 Å². The largest absolute Gasteiger partial charge is 0.480 e. The number of aliphatic carboxylic acids is 1. The highest BCUT2D eigenvalue weighted by atomic mass is 35.5. The van der Waals surface area contributed by atoms with E-state index in [0.717, 1.165) is 0 Å². The number of carboxylic acids is 1. The van der Waals surface area contributed by atoms with E-state index >= 15 is 0 Å². The summed E-state index contributed by atoms with van der Waals surface area (Å²) in [5, 5.41) is 12.3. The summed E-state index contributed by atoms with van der Waals surface area (Å²) >= 11 is 12.0. The molecule has 0 unspecified atom stereocenters. The van der Waals surface area contributed by atoms with Crippen LogP contribution in [0.25, 0.3) is 0 Å². The van der Waals surface area contributed by atoms with Crippen LogP contribution in [0, 0.1) is 0 Å². The summed E-state index contributed by atoms with van der Waals surface area (Å²) in [6.07, 6.45) is 2.98. The lowest BCUT2D eigenvalue weighted by atomic mass is 10.1. The minimum Gasteiger partial charge on any atom is -0.480 e. The Morgan fingerprint density at radius 2 is 1.80 bits per heavy atom. The van der Waals surface area contributed by atoms with Gasteiger partial charge in [0.1, 0.15) is 0 Å². The van der Waals surface area contributed by atoms with E-state index in [0.29, 0.717) is 17.0 Å². The molecule has 1 aromatic carbocycles. The lowest BCUT2D eigenvalue weighted by molar-refractivity contribution is -0.138. The molecule has 2 N–H and O–H groups in total. The maximum absolute atomic E-state index is 12.4. The van der Waals surface area contributed by atoms with Crippen LogP contribution >= 0.6 is 23.2 Å². The Morgan fingerprint density at radius 3 is 2.33 bits per heavy atom. The Kier molecular flexibility index (Phi) is 6.74. The first-order chi connectivity index (χ1) is 14.1. The number of amides is 1. The van der Waals surface area contributed by atoms with Gasteiger partial charge in [-0.05, 0) is 17.7 Å². The molecule has 1 fully saturated rings. The molecule has 158 valence electrons. The van der Waals surface area contributed by atoms with Crippen LogP contribution in [0.1, 0.15) is 22.3 Å². The molecule has 0 bridgehead atoms. The zero-order valence-corrected chi connectivity index (χ0v) is 17.8. The molecule has 30 heavy (non-hydrogen) atoms. The van der Waals surface area contributed by atoms with Gasteiger partial charge in [-0.3, -0.25) is 14.8 Å². The summed E-state index contributed by atoms with van der Waals surface area (Å²) < 4.78 is 23.1. The van der Waals surface area contributed by atoms with Crippen molar-refractivity contribution >= 4 is 56.3 Å². The minimum absolute atomic E-state index is 0.00191. The Labute approximate surface area is 182 Å². The summed E-state index contributed by atoms with van der Waals surface area (Å²) in [6.45, 7) is 0. The smallest absolute Gasteiger partial charge is 0.328 e. The average molecular weight is 470 g/mol. The zero-order valence-electron chi connectivity index (χ0n) is 15.5. The molecule has 0 aliphatic carbocycles. The highest BCUT2D eigenvalue weighted by Crippen LogP contribution is 2.24. The van der Waals surface area contributed by atoms with Crippen molar-refractivity contribution in [2.75, 3.05) is 16.8 Å². The topological polar surface area (TPSA) is 126 Å². The van der Waals surface area contributed by atoms with Crippen LogP contribution in [0.5, 0.6) is 0 Å². The number of anilines is 1. The molecule has 0 radical (unpaired) electrons. The quantitative estimate of drug-likeness (QED) is 0.669. The van der Waals surface area contributed by atoms with Crippen LogP contribution in [0.2, 0.25) is 10.0 Å². The third-order valence-corrected chi connectivity index (χ3v) is 6.61. The molecule has 0 spiro atoms. The lowest BCUT2D eigenvalue weighted by Gasteiger charge is -2.11. The molecule has 1 aliphatic rings. The van der Waals surface area contributed by atoms with E-state index in [1.54, 1.807) is 24.3 Å². The highest BCUT2D eigenvalue weighted by Gasteiger charge is 2.26. The molecule has 1 aliphatic heterocycles. The van der Waals surface area contributed by atoms with Gasteiger partial charge in [0, 0.05) is 36.6 Å². The number of pyridine rings is 1. The average Bonchev–Trinajstić information content (AvgIpc) is 3.01. The van der Waals surface area contributed by atoms with Crippen molar-refractivity contribution in [1.29, 1.82) is 0 Å². The van der Waals surface area contributed by atoms with E-state index in [4.69, 9.17) is 23.2 Å². The molecule has 2 heterocycles. The van der Waals surface area contributed by atoms with Crippen molar-refractivity contribution in [3.05, 3.63) is 57.8 Å². The molecule has 1 aromatic heterocycles. The van der Waals surface area contributed by atoms with Gasteiger partial charge in [-0.2, -0.15) is 0 Å². The number of sulfone groups is 1. The number of hydrogen-bond acceptors (Lipinski definition) is 6. The molecule has 1 amide bonds. The number of hydrogen-bond donors (Lipinski definition) is 2. The van der Waals surface area contributed by atoms with Gasteiger partial charge in [-0.15, -0.1) is 0 Å². The second-order valence-corrected chi connectivity index (χ2v) is 9.72. The van der Waals surface area contributed by atoms with Crippen LogP contribution in [-0.2, 0) is 21.1 Å². The van der Waals surface area contributed by atoms with E-state index in [-0.39, 0.29) is 40.0 Å². The Hall–Kier alpha value is -2.49. The fourth-order valence-corrected chi connectivity index (χ4v) is 4.90. The van der Waals surface area contributed by atoms with E-state index < -0.39 is 27.8 Å². The highest BCUT2D eigenvalue weighted by molar-refractivity contribution is 7.92. The fourth-order valence-electron chi connectivity index (χ4n) is 2.95. The second-order valence-electron chi connectivity index (χ2n) is 6.72. The Balaban J connectivity index is 1.69. The maximum atomic E-state index is 12.4. The third-order valence-electron chi connectivity index (χ3n) is 4.43. The molecule has 2 aromatic rings. The minimum atomic E-state index is -3.17. The number of halogens is 2. The molecule has 1 atom stereocenters. The lowest BCUT2D eigenvalue weighted by Crippen LogP contribution is -2.23. The standard InChI is InChI=1S/C19H17Cl2N3O5S/c20-14-8-22-9-15(21)17(14)18(25)24-12-3-1-11(2-4-12)7-16(19(26)27)23-13-5-6-30(28,29)10-13/h1-4,8-9,16H,5-7,10H2,(H,24,25)(H,26,27)/t16-/m0/s1. The number of carboxylic acid groups (broad SMARTS) is 1. The number of nitrogens with zero attached hydrogens (tertiary/aromatic N) is 2. The van der Waals surface area contributed by atoms with Gasteiger partial charge < -0.3 is 10.4 Å². The summed E-state index contributed by atoms with van der Waals surface area (Å²) in [5.74, 6) is -1.83. The first-order valence-corrected chi connectivity index (χ1v) is 11.4. The molecular weight excluding hydrogens is 453 g/mol. The van der Waals surface area contributed by atoms with E-state index in [1.807, 2.05) is 0 Å². The number of rotatable bonds is 6. The summed E-state index contributed by atoms with van der Waals surface area (Å²) in [4.78, 5) is 31.9. The Bertz CT molecular complexity index is 1100. The number of benzene rings is 1. The zero-order chi connectivity index (χ0) is 21.9. The van der Waals surface area contributed by atoms with Crippen LogP contribution in [0.4, 0.5) is 5.69 Å². The van der Waals surface area contributed by atoms with Gasteiger partial charge in [-0.25, -0.2) is 13.2 Å². The molecule has 11 heteroatoms. The summed E-state index contributed by atoms with van der Waals surface area (Å²) in [6, 6.07) is 5.47. The monoisotopic (exact) mass is 469 g/mol. The van der Waals surface area contributed by atoms with Crippen molar-refractivity contribution in [3.8, 4) is 0 Å². The molecular formula is C19H17Cl2N3O5S. The summed E-state index contributed by atoms with van der Waals surface area (Å²) in [7, 11) is -3.17. The molecule has 3 rings (SSSR count). The van der Waals surface area contributed by atoms with Crippen molar-refractivity contribution < 1.29 is 23.1 Å². The normalized spacial score (nSPS) is 17.6. The van der Waals surface area contributed by atoms with Crippen molar-refractivity contribution in [2.24, 2.45) is 4.99 Å². The van der Waals surface area contributed by atoms with Crippen LogP contribution in [-0.4, -0.2) is 53.6 Å². The van der Waals surface area contributed by atoms with Gasteiger partial charge in [0.05, 0.1) is 27.1 Å². The molecule has 1 saturated heterocycles. The van der Waals surface area contributed by atoms with Gasteiger partial charge in [0.2, 0.25) is 0 Å². The first-order valence-electron chi connectivity index (χ1n) is 8.83. The van der Waals surface area contributed by atoms with Crippen LogP contribution in [0.15, 0.2) is 41.7 Å². The third kappa shape index (κ3) is 5.56. The first kappa shape index (κ1) is 22.2. The number of carbonyl (C=O) groups excluding carboxylic acids is 1. The number of aromatic nitrogens is 1. The van der Waals surface area contributed by atoms with E-state index in [2.05, 4.69) is 15.3 Å². The molecule has 8 nitrogen and oxygen atoms in total. The Morgan fingerprint density at radius 1 is 1.17 bits per heavy atom. The fraction of sp³-hybridized carbons (Fsp3) is 0.263. The predicted molar refractivity (Wildman–Crippen MR) is 114 cm³/mol. The SMILES string of the molecule is O=C(Nc1ccc(C[C@H](N=C2CCS(=O)(=O)C2)C(=O)O)cc1)c1c(Cl)cncc1Cl. The number of carbonyl (C=O) groups is 2. The predicted octanol–water partition coefficient (Wildman–Crippen LogP) is 2.90. The second kappa shape index (κ2) is 9.11.